The quantitative estimate of drug-likeness (QED) is 0.755. The predicted molar refractivity (Wildman–Crippen MR) is 65.3 cm³/mol. The van der Waals surface area contributed by atoms with E-state index in [2.05, 4.69) is 4.98 Å². The molecule has 2 aliphatic rings. The van der Waals surface area contributed by atoms with Gasteiger partial charge in [0, 0.05) is 18.9 Å². The minimum absolute atomic E-state index is 0.117. The fourth-order valence-electron chi connectivity index (χ4n) is 2.02. The monoisotopic (exact) mass is 241 g/mol. The van der Waals surface area contributed by atoms with Gasteiger partial charge in [0.05, 0.1) is 5.56 Å². The number of pyridine rings is 1. The van der Waals surface area contributed by atoms with Crippen LogP contribution < -0.4 is 4.74 Å². The van der Waals surface area contributed by atoms with Crippen molar-refractivity contribution in [3.8, 4) is 5.88 Å². The number of methoxy groups -OCH3 is 1. The van der Waals surface area contributed by atoms with Crippen LogP contribution in [0.25, 0.3) is 0 Å². The number of fused-ring (bicyclic) bond motifs is 2. The number of hydrogen-bond donors (Lipinski definition) is 0. The molecular weight excluding hydrogens is 230 g/mol. The molecule has 0 fully saturated rings. The van der Waals surface area contributed by atoms with E-state index in [-0.39, 0.29) is 11.9 Å². The highest BCUT2D eigenvalue weighted by Gasteiger charge is 2.26. The highest BCUT2D eigenvalue weighted by molar-refractivity contribution is 6.07. The van der Waals surface area contributed by atoms with E-state index in [4.69, 9.17) is 9.47 Å². The third-order valence-electron chi connectivity index (χ3n) is 2.91. The van der Waals surface area contributed by atoms with Crippen LogP contribution in [0.2, 0.25) is 0 Å². The minimum atomic E-state index is -0.261. The summed E-state index contributed by atoms with van der Waals surface area (Å²) in [6.07, 6.45) is 8.41. The summed E-state index contributed by atoms with van der Waals surface area (Å²) in [5, 5.41) is 0. The first-order valence-electron chi connectivity index (χ1n) is 5.60. The zero-order valence-electron chi connectivity index (χ0n) is 9.79. The molecule has 90 valence electrons. The second kappa shape index (κ2) is 4.23. The van der Waals surface area contributed by atoms with Gasteiger partial charge < -0.3 is 9.47 Å². The minimum Gasteiger partial charge on any atom is -0.438 e. The Balaban J connectivity index is 2.13. The molecule has 1 aromatic rings. The van der Waals surface area contributed by atoms with E-state index >= 15 is 0 Å². The molecule has 0 saturated carbocycles. The Bertz CT molecular complexity index is 599. The summed E-state index contributed by atoms with van der Waals surface area (Å²) < 4.78 is 11.0. The number of carbonyl (C=O) groups is 1. The summed E-state index contributed by atoms with van der Waals surface area (Å²) in [5.41, 5.74) is 1.19. The van der Waals surface area contributed by atoms with Crippen molar-refractivity contribution in [3.63, 3.8) is 0 Å². The molecule has 1 aliphatic carbocycles. The number of allylic oxidation sites excluding steroid dienone is 3. The molecule has 1 unspecified atom stereocenters. The molecule has 0 saturated heterocycles. The lowest BCUT2D eigenvalue weighted by Gasteiger charge is -2.19. The molecule has 4 heteroatoms. The standard InChI is InChI=1S/C14H11NO3/c1-17-12-5-2-6-13-10(12)8-11(16)9-4-3-7-15-14(9)18-13/h2-8,12H,1H3. The van der Waals surface area contributed by atoms with Gasteiger partial charge in [-0.05, 0) is 24.3 Å². The Morgan fingerprint density at radius 3 is 3.17 bits per heavy atom. The number of rotatable bonds is 1. The normalized spacial score (nSPS) is 21.2. The van der Waals surface area contributed by atoms with Crippen LogP contribution in [0.5, 0.6) is 5.88 Å². The molecule has 0 bridgehead atoms. The molecule has 0 spiro atoms. The fraction of sp³-hybridized carbons (Fsp3) is 0.143. The highest BCUT2D eigenvalue weighted by atomic mass is 16.5. The third-order valence-corrected chi connectivity index (χ3v) is 2.91. The van der Waals surface area contributed by atoms with Gasteiger partial charge in [0.15, 0.2) is 5.78 Å². The molecule has 1 aromatic heterocycles. The van der Waals surface area contributed by atoms with E-state index in [0.717, 1.165) is 5.57 Å². The van der Waals surface area contributed by atoms with Crippen LogP contribution >= 0.6 is 0 Å². The van der Waals surface area contributed by atoms with Gasteiger partial charge in [-0.25, -0.2) is 4.98 Å². The van der Waals surface area contributed by atoms with Crippen LogP contribution in [0.4, 0.5) is 0 Å². The molecule has 1 atom stereocenters. The van der Waals surface area contributed by atoms with E-state index in [0.29, 0.717) is 17.2 Å². The first-order valence-corrected chi connectivity index (χ1v) is 5.60. The Morgan fingerprint density at radius 1 is 1.44 bits per heavy atom. The Kier molecular flexibility index (Phi) is 2.57. The van der Waals surface area contributed by atoms with E-state index in [9.17, 15) is 4.79 Å². The van der Waals surface area contributed by atoms with Crippen molar-refractivity contribution in [2.75, 3.05) is 7.11 Å². The van der Waals surface area contributed by atoms with Crippen molar-refractivity contribution in [2.24, 2.45) is 0 Å². The number of aromatic nitrogens is 1. The van der Waals surface area contributed by atoms with Crippen molar-refractivity contribution in [1.29, 1.82) is 0 Å². The maximum Gasteiger partial charge on any atom is 0.230 e. The van der Waals surface area contributed by atoms with Crippen molar-refractivity contribution >= 4 is 5.78 Å². The lowest BCUT2D eigenvalue weighted by molar-refractivity contribution is 0.104. The molecule has 0 amide bonds. The van der Waals surface area contributed by atoms with Gasteiger partial charge in [-0.1, -0.05) is 12.2 Å². The largest absolute Gasteiger partial charge is 0.438 e. The first kappa shape index (κ1) is 10.9. The SMILES string of the molecule is COC1C=CC=C2Oc3ncccc3C(=O)C=C21. The molecule has 0 radical (unpaired) electrons. The van der Waals surface area contributed by atoms with Crippen molar-refractivity contribution in [1.82, 2.24) is 4.98 Å². The maximum absolute atomic E-state index is 12.1. The molecule has 4 nitrogen and oxygen atoms in total. The van der Waals surface area contributed by atoms with Crippen LogP contribution in [0.1, 0.15) is 10.4 Å². The van der Waals surface area contributed by atoms with Gasteiger partial charge in [-0.15, -0.1) is 0 Å². The highest BCUT2D eigenvalue weighted by Crippen LogP contribution is 2.30. The molecule has 3 rings (SSSR count). The molecular formula is C14H11NO3. The van der Waals surface area contributed by atoms with E-state index in [1.807, 2.05) is 12.2 Å². The lowest BCUT2D eigenvalue weighted by Crippen LogP contribution is -2.17. The van der Waals surface area contributed by atoms with Crippen LogP contribution in [0.3, 0.4) is 0 Å². The van der Waals surface area contributed by atoms with Crippen LogP contribution in [-0.4, -0.2) is 24.0 Å². The number of nitrogens with zero attached hydrogens (tertiary/aromatic N) is 1. The summed E-state index contributed by atoms with van der Waals surface area (Å²) in [6, 6.07) is 3.42. The lowest BCUT2D eigenvalue weighted by atomic mass is 10.0. The second-order valence-corrected chi connectivity index (χ2v) is 3.99. The third kappa shape index (κ3) is 1.67. The topological polar surface area (TPSA) is 48.4 Å². The zero-order valence-corrected chi connectivity index (χ0v) is 9.79. The van der Waals surface area contributed by atoms with Gasteiger partial charge in [-0.3, -0.25) is 4.79 Å². The average Bonchev–Trinajstić information content (AvgIpc) is 2.54. The van der Waals surface area contributed by atoms with Crippen LogP contribution in [0.15, 0.2) is 54.0 Å². The molecule has 2 heterocycles. The van der Waals surface area contributed by atoms with Crippen molar-refractivity contribution < 1.29 is 14.3 Å². The zero-order chi connectivity index (χ0) is 12.5. The number of ether oxygens (including phenoxy) is 2. The van der Waals surface area contributed by atoms with Gasteiger partial charge >= 0.3 is 0 Å². The summed E-state index contributed by atoms with van der Waals surface area (Å²) in [7, 11) is 1.60. The Labute approximate surface area is 104 Å². The number of hydrogen-bond acceptors (Lipinski definition) is 4. The van der Waals surface area contributed by atoms with Crippen LogP contribution in [-0.2, 0) is 4.74 Å². The predicted octanol–water partition coefficient (Wildman–Crippen LogP) is 2.05. The smallest absolute Gasteiger partial charge is 0.230 e. The fourth-order valence-corrected chi connectivity index (χ4v) is 2.02. The molecule has 18 heavy (non-hydrogen) atoms. The molecule has 0 aromatic carbocycles. The van der Waals surface area contributed by atoms with Gasteiger partial charge in [-0.2, -0.15) is 0 Å². The summed E-state index contributed by atoms with van der Waals surface area (Å²) in [4.78, 5) is 16.2. The number of carbonyl (C=O) groups excluding carboxylic acids is 1. The van der Waals surface area contributed by atoms with E-state index < -0.39 is 0 Å². The number of ketones is 1. The molecule has 1 aliphatic heterocycles. The van der Waals surface area contributed by atoms with Crippen molar-refractivity contribution in [3.05, 3.63) is 59.5 Å². The average molecular weight is 241 g/mol. The van der Waals surface area contributed by atoms with Crippen molar-refractivity contribution in [2.45, 2.75) is 6.10 Å². The summed E-state index contributed by atoms with van der Waals surface area (Å²) >= 11 is 0. The summed E-state index contributed by atoms with van der Waals surface area (Å²) in [5.74, 6) is 0.828. The maximum atomic E-state index is 12.1. The molecule has 0 N–H and O–H groups in total. The van der Waals surface area contributed by atoms with Gasteiger partial charge in [0.25, 0.3) is 0 Å². The van der Waals surface area contributed by atoms with Crippen LogP contribution in [0, 0.1) is 0 Å². The van der Waals surface area contributed by atoms with E-state index in [1.54, 1.807) is 37.6 Å². The second-order valence-electron chi connectivity index (χ2n) is 3.99. The summed E-state index contributed by atoms with van der Waals surface area (Å²) in [6.45, 7) is 0. The Morgan fingerprint density at radius 2 is 2.33 bits per heavy atom. The Hall–Kier alpha value is -2.20. The van der Waals surface area contributed by atoms with E-state index in [1.165, 1.54) is 0 Å². The van der Waals surface area contributed by atoms with Gasteiger partial charge in [0.2, 0.25) is 5.88 Å². The first-order chi connectivity index (χ1) is 8.79. The van der Waals surface area contributed by atoms with Gasteiger partial charge in [0.1, 0.15) is 11.9 Å².